The number of para-hydroxylation sites is 2. The van der Waals surface area contributed by atoms with Gasteiger partial charge in [0.2, 0.25) is 0 Å². The fourth-order valence-electron chi connectivity index (χ4n) is 5.51. The van der Waals surface area contributed by atoms with Crippen LogP contribution in [0.5, 0.6) is 0 Å². The quantitative estimate of drug-likeness (QED) is 0.0840. The molecule has 0 atom stereocenters. The Labute approximate surface area is 314 Å². The van der Waals surface area contributed by atoms with Crippen molar-refractivity contribution >= 4 is 57.6 Å². The van der Waals surface area contributed by atoms with Gasteiger partial charge in [-0.05, 0) is 97.1 Å². The molecular weight excluding hydrogens is 669 g/mol. The maximum Gasteiger partial charge on any atom is 0.255 e. The van der Waals surface area contributed by atoms with Gasteiger partial charge in [-0.3, -0.25) is 9.59 Å². The highest BCUT2D eigenvalue weighted by Crippen LogP contribution is 2.22. The Morgan fingerprint density at radius 3 is 0.926 bits per heavy atom. The topological polar surface area (TPSA) is 107 Å². The van der Waals surface area contributed by atoms with E-state index in [2.05, 4.69) is 21.3 Å². The molecule has 7 aromatic carbocycles. The summed E-state index contributed by atoms with van der Waals surface area (Å²) >= 11 is 0. The standard InChI is InChI=1S/C46H36N6O2/c53-45(51-41-29-25-39(26-30-41)49-43(33-13-5-1-6-14-33)47-37-17-9-3-10-18-37)35-21-23-36(24-22-35)46(54)52-42-31-27-40(28-32-42)50-44(34-15-7-2-8-16-34)48-38-19-11-4-12-20-38/h1-32H,(H,47,49)(H,48,50)(H,51,53)(H,52,54). The Bertz CT molecular complexity index is 2190. The molecule has 0 unspecified atom stereocenters. The molecule has 0 aliphatic rings. The minimum Gasteiger partial charge on any atom is -0.340 e. The number of rotatable bonds is 10. The number of hydrogen-bond acceptors (Lipinski definition) is 4. The van der Waals surface area contributed by atoms with Crippen molar-refractivity contribution in [1.82, 2.24) is 0 Å². The Balaban J connectivity index is 0.967. The van der Waals surface area contributed by atoms with Crippen molar-refractivity contribution in [3.05, 3.63) is 216 Å². The molecule has 7 aromatic rings. The molecular formula is C46H36N6O2. The Hall–Kier alpha value is -7.58. The van der Waals surface area contributed by atoms with Gasteiger partial charge in [-0.25, -0.2) is 9.98 Å². The summed E-state index contributed by atoms with van der Waals surface area (Å²) in [6, 6.07) is 60.7. The fourth-order valence-corrected chi connectivity index (χ4v) is 5.51. The van der Waals surface area contributed by atoms with Crippen LogP contribution in [0, 0.1) is 0 Å². The lowest BCUT2D eigenvalue weighted by Crippen LogP contribution is -2.14. The average Bonchev–Trinajstić information content (AvgIpc) is 3.23. The average molecular weight is 705 g/mol. The van der Waals surface area contributed by atoms with Gasteiger partial charge in [0.25, 0.3) is 11.8 Å². The number of carbonyl (C=O) groups is 2. The van der Waals surface area contributed by atoms with Crippen molar-refractivity contribution in [3.8, 4) is 0 Å². The third-order valence-electron chi connectivity index (χ3n) is 8.31. The van der Waals surface area contributed by atoms with Gasteiger partial charge >= 0.3 is 0 Å². The summed E-state index contributed by atoms with van der Waals surface area (Å²) in [5.74, 6) is 0.834. The summed E-state index contributed by atoms with van der Waals surface area (Å²) < 4.78 is 0. The van der Waals surface area contributed by atoms with E-state index in [9.17, 15) is 9.59 Å². The molecule has 8 heteroatoms. The summed E-state index contributed by atoms with van der Waals surface area (Å²) in [6.07, 6.45) is 0. The summed E-state index contributed by atoms with van der Waals surface area (Å²) in [6.45, 7) is 0. The van der Waals surface area contributed by atoms with Crippen LogP contribution in [0.25, 0.3) is 0 Å². The van der Waals surface area contributed by atoms with Crippen LogP contribution in [-0.2, 0) is 0 Å². The zero-order valence-corrected chi connectivity index (χ0v) is 29.2. The molecule has 7 rings (SSSR count). The van der Waals surface area contributed by atoms with E-state index >= 15 is 0 Å². The third-order valence-corrected chi connectivity index (χ3v) is 8.31. The lowest BCUT2D eigenvalue weighted by Gasteiger charge is -2.11. The SMILES string of the molecule is O=C(Nc1ccc(N=C(Nc2ccccc2)c2ccccc2)cc1)c1ccc(C(=O)Nc2ccc(N=C(Nc3ccccc3)c3ccccc3)cc2)cc1. The Morgan fingerprint density at radius 1 is 0.296 bits per heavy atom. The number of benzene rings is 7. The van der Waals surface area contributed by atoms with E-state index in [0.29, 0.717) is 34.2 Å². The molecule has 0 aliphatic heterocycles. The summed E-state index contributed by atoms with van der Waals surface area (Å²) in [7, 11) is 0. The second-order valence-corrected chi connectivity index (χ2v) is 12.2. The summed E-state index contributed by atoms with van der Waals surface area (Å²) in [5.41, 5.74) is 7.30. The van der Waals surface area contributed by atoms with Crippen molar-refractivity contribution in [1.29, 1.82) is 0 Å². The van der Waals surface area contributed by atoms with Gasteiger partial charge in [0.05, 0.1) is 11.4 Å². The third kappa shape index (κ3) is 9.39. The smallest absolute Gasteiger partial charge is 0.255 e. The number of nitrogens with zero attached hydrogens (tertiary/aromatic N) is 2. The molecule has 4 N–H and O–H groups in total. The molecule has 8 nitrogen and oxygen atoms in total. The normalized spacial score (nSPS) is 11.3. The van der Waals surface area contributed by atoms with Gasteiger partial charge in [-0.15, -0.1) is 0 Å². The number of hydrogen-bond donors (Lipinski definition) is 4. The van der Waals surface area contributed by atoms with Crippen molar-refractivity contribution in [3.63, 3.8) is 0 Å². The number of carbonyl (C=O) groups excluding carboxylic acids is 2. The first-order valence-electron chi connectivity index (χ1n) is 17.4. The molecule has 0 saturated heterocycles. The van der Waals surface area contributed by atoms with E-state index in [1.165, 1.54) is 0 Å². The molecule has 0 fully saturated rings. The molecule has 0 heterocycles. The van der Waals surface area contributed by atoms with E-state index < -0.39 is 0 Å². The molecule has 262 valence electrons. The van der Waals surface area contributed by atoms with Crippen molar-refractivity contribution < 1.29 is 9.59 Å². The predicted octanol–water partition coefficient (Wildman–Crippen LogP) is 10.6. The number of nitrogens with one attached hydrogen (secondary N) is 4. The molecule has 0 radical (unpaired) electrons. The van der Waals surface area contributed by atoms with Crippen LogP contribution >= 0.6 is 0 Å². The fraction of sp³-hybridized carbons (Fsp3) is 0. The summed E-state index contributed by atoms with van der Waals surface area (Å²) in [4.78, 5) is 35.8. The molecule has 0 aliphatic carbocycles. The maximum atomic E-state index is 13.1. The monoisotopic (exact) mass is 704 g/mol. The number of amides is 2. The molecule has 0 spiro atoms. The van der Waals surface area contributed by atoms with Gasteiger partial charge in [0, 0.05) is 45.0 Å². The van der Waals surface area contributed by atoms with Crippen molar-refractivity contribution in [2.45, 2.75) is 0 Å². The van der Waals surface area contributed by atoms with E-state index in [1.54, 1.807) is 24.3 Å². The van der Waals surface area contributed by atoms with Crippen LogP contribution in [0.2, 0.25) is 0 Å². The van der Waals surface area contributed by atoms with E-state index in [-0.39, 0.29) is 11.8 Å². The lowest BCUT2D eigenvalue weighted by molar-refractivity contribution is 0.101. The second kappa shape index (κ2) is 17.1. The first-order chi connectivity index (χ1) is 26.6. The van der Waals surface area contributed by atoms with Crippen LogP contribution in [0.4, 0.5) is 34.1 Å². The molecule has 54 heavy (non-hydrogen) atoms. The number of anilines is 4. The first-order valence-corrected chi connectivity index (χ1v) is 17.4. The van der Waals surface area contributed by atoms with Crippen LogP contribution in [0.15, 0.2) is 204 Å². The van der Waals surface area contributed by atoms with Gasteiger partial charge in [-0.1, -0.05) is 97.1 Å². The van der Waals surface area contributed by atoms with Gasteiger partial charge < -0.3 is 21.3 Å². The van der Waals surface area contributed by atoms with Gasteiger partial charge in [0.15, 0.2) is 0 Å². The minimum atomic E-state index is -0.290. The van der Waals surface area contributed by atoms with Gasteiger partial charge in [-0.2, -0.15) is 0 Å². The minimum absolute atomic E-state index is 0.290. The lowest BCUT2D eigenvalue weighted by atomic mass is 10.1. The van der Waals surface area contributed by atoms with E-state index in [1.807, 2.05) is 170 Å². The maximum absolute atomic E-state index is 13.1. The molecule has 2 amide bonds. The number of amidine groups is 2. The molecule has 0 saturated carbocycles. The Morgan fingerprint density at radius 2 is 0.593 bits per heavy atom. The van der Waals surface area contributed by atoms with E-state index in [0.717, 1.165) is 33.9 Å². The largest absolute Gasteiger partial charge is 0.340 e. The zero-order valence-electron chi connectivity index (χ0n) is 29.2. The molecule has 0 bridgehead atoms. The highest BCUT2D eigenvalue weighted by atomic mass is 16.2. The van der Waals surface area contributed by atoms with Crippen molar-refractivity contribution in [2.24, 2.45) is 9.98 Å². The predicted molar refractivity (Wildman–Crippen MR) is 221 cm³/mol. The van der Waals surface area contributed by atoms with Crippen LogP contribution in [-0.4, -0.2) is 23.5 Å². The highest BCUT2D eigenvalue weighted by molar-refractivity contribution is 6.11. The van der Waals surface area contributed by atoms with E-state index in [4.69, 9.17) is 9.98 Å². The van der Waals surface area contributed by atoms with Crippen LogP contribution < -0.4 is 21.3 Å². The van der Waals surface area contributed by atoms with Gasteiger partial charge in [0.1, 0.15) is 11.7 Å². The number of aliphatic imine (C=N–C) groups is 2. The first kappa shape index (κ1) is 34.9. The van der Waals surface area contributed by atoms with Crippen LogP contribution in [0.1, 0.15) is 31.8 Å². The second-order valence-electron chi connectivity index (χ2n) is 12.2. The molecule has 0 aromatic heterocycles. The highest BCUT2D eigenvalue weighted by Gasteiger charge is 2.11. The Kier molecular flexibility index (Phi) is 11.0. The van der Waals surface area contributed by atoms with Crippen LogP contribution in [0.3, 0.4) is 0 Å². The summed E-state index contributed by atoms with van der Waals surface area (Å²) in [5, 5.41) is 12.7. The van der Waals surface area contributed by atoms with Crippen molar-refractivity contribution in [2.75, 3.05) is 21.3 Å². The zero-order chi connectivity index (χ0) is 37.0.